The van der Waals surface area contributed by atoms with Crippen molar-refractivity contribution in [3.05, 3.63) is 77.6 Å². The minimum Gasteiger partial charge on any atom is -0.496 e. The van der Waals surface area contributed by atoms with Crippen LogP contribution in [0.25, 0.3) is 11.1 Å². The van der Waals surface area contributed by atoms with Gasteiger partial charge in [-0.3, -0.25) is 19.4 Å². The molecule has 7 rings (SSSR count). The highest BCUT2D eigenvalue weighted by molar-refractivity contribution is 5.97. The number of fused-ring (bicyclic) bond motifs is 2. The molecule has 2 aromatic carbocycles. The van der Waals surface area contributed by atoms with Gasteiger partial charge in [0.15, 0.2) is 0 Å². The van der Waals surface area contributed by atoms with Gasteiger partial charge in [-0.25, -0.2) is 0 Å². The number of likely N-dealkylation sites (N-methyl/N-ethyl adjacent to an activating group) is 1. The Morgan fingerprint density at radius 3 is 2.51 bits per heavy atom. The summed E-state index contributed by atoms with van der Waals surface area (Å²) in [4.78, 5) is 42.4. The molecule has 3 saturated carbocycles. The van der Waals surface area contributed by atoms with E-state index in [1.54, 1.807) is 37.2 Å². The number of carbonyl (C=O) groups excluding carboxylic acids is 2. The first-order valence-electron chi connectivity index (χ1n) is 18.9. The number of nitrogens with zero attached hydrogens (tertiary/aromatic N) is 4. The fourth-order valence-corrected chi connectivity index (χ4v) is 9.13. The molecule has 4 fully saturated rings. The highest BCUT2D eigenvalue weighted by atomic mass is 16.7. The third kappa shape index (κ3) is 7.67. The molecule has 8 atom stereocenters. The molecule has 11 heteroatoms. The van der Waals surface area contributed by atoms with Gasteiger partial charge >= 0.3 is 0 Å². The maximum absolute atomic E-state index is 14.2. The number of carbonyl (C=O) groups is 2. The van der Waals surface area contributed by atoms with Gasteiger partial charge in [-0.1, -0.05) is 45.0 Å². The zero-order valence-electron chi connectivity index (χ0n) is 32.5. The van der Waals surface area contributed by atoms with Gasteiger partial charge in [0.25, 0.3) is 5.91 Å². The average Bonchev–Trinajstić information content (AvgIpc) is 3.52. The Morgan fingerprint density at radius 1 is 1.11 bits per heavy atom. The summed E-state index contributed by atoms with van der Waals surface area (Å²) in [7, 11) is 7.29. The normalized spacial score (nSPS) is 26.7. The lowest BCUT2D eigenvalue weighted by Crippen LogP contribution is -2.62. The SMILES string of the molecule is COc1c(CN2O[C@@H](CO)[C@H]([C@H](C)O)[C@H]2C(=O)N[C@H]2C[C@@H]3C[C@@H]([C@@H]2C)C3(C)C)cccc1-c1cc(C(=O)N(C)CCc2ccccn2)cc(N(C)C)c1. The number of aromatic nitrogens is 1. The number of aliphatic hydroxyl groups is 2. The molecule has 3 aromatic rings. The van der Waals surface area contributed by atoms with E-state index in [0.29, 0.717) is 42.0 Å². The van der Waals surface area contributed by atoms with Crippen LogP contribution in [0.3, 0.4) is 0 Å². The fraction of sp³-hybridized carbons (Fsp3) is 0.548. The summed E-state index contributed by atoms with van der Waals surface area (Å²) >= 11 is 0. The molecule has 1 aromatic heterocycles. The molecule has 2 amide bonds. The Balaban J connectivity index is 1.27. The van der Waals surface area contributed by atoms with Gasteiger partial charge < -0.3 is 30.1 Å². The molecule has 3 aliphatic carbocycles. The van der Waals surface area contributed by atoms with E-state index < -0.39 is 24.2 Å². The van der Waals surface area contributed by atoms with E-state index in [2.05, 4.69) is 31.1 Å². The van der Waals surface area contributed by atoms with Crippen molar-refractivity contribution < 1.29 is 29.4 Å². The number of hydrogen-bond acceptors (Lipinski definition) is 9. The second-order valence-corrected chi connectivity index (χ2v) is 16.2. The number of methoxy groups -OCH3 is 1. The van der Waals surface area contributed by atoms with E-state index in [9.17, 15) is 19.8 Å². The number of hydroxylamine groups is 2. The van der Waals surface area contributed by atoms with Crippen LogP contribution in [-0.2, 0) is 22.6 Å². The summed E-state index contributed by atoms with van der Waals surface area (Å²) in [6, 6.07) is 16.6. The summed E-state index contributed by atoms with van der Waals surface area (Å²) in [5, 5.41) is 26.2. The van der Waals surface area contributed by atoms with Gasteiger partial charge in [0.1, 0.15) is 17.9 Å². The zero-order chi connectivity index (χ0) is 38.2. The monoisotopic (exact) mass is 727 g/mol. The lowest BCUT2D eigenvalue weighted by atomic mass is 9.45. The molecule has 3 N–H and O–H groups in total. The molecule has 0 radical (unpaired) electrons. The lowest BCUT2D eigenvalue weighted by molar-refractivity contribution is -0.183. The third-order valence-corrected chi connectivity index (χ3v) is 12.5. The first-order valence-corrected chi connectivity index (χ1v) is 18.9. The summed E-state index contributed by atoms with van der Waals surface area (Å²) in [6.45, 7) is 8.90. The van der Waals surface area contributed by atoms with E-state index in [1.165, 1.54) is 6.42 Å². The fourth-order valence-electron chi connectivity index (χ4n) is 9.13. The minimum absolute atomic E-state index is 0.0387. The predicted octanol–water partition coefficient (Wildman–Crippen LogP) is 4.80. The Labute approximate surface area is 314 Å². The number of rotatable bonds is 13. The van der Waals surface area contributed by atoms with Gasteiger partial charge in [0, 0.05) is 80.3 Å². The summed E-state index contributed by atoms with van der Waals surface area (Å²) in [6.07, 6.45) is 2.88. The van der Waals surface area contributed by atoms with E-state index in [0.717, 1.165) is 34.5 Å². The third-order valence-electron chi connectivity index (χ3n) is 12.5. The van der Waals surface area contributed by atoms with Gasteiger partial charge in [-0.05, 0) is 78.8 Å². The predicted molar refractivity (Wildman–Crippen MR) is 205 cm³/mol. The minimum atomic E-state index is -0.899. The quantitative estimate of drug-likeness (QED) is 0.228. The number of anilines is 1. The standard InChI is InChI=1S/C42H57N5O6/c1-25-34-21-30(42(34,3)4)22-35(25)44-40(50)38-37(26(2)49)36(24-48)53-47(38)23-27-12-11-14-33(39(27)52-8)28-18-29(20-32(19-28)45(5)6)41(51)46(7)17-15-31-13-9-10-16-43-31/h9-14,16,18-20,25-26,30,34-38,48-49H,15,17,21-24H2,1-8H3,(H,44,50)/t25-,26-,30-,34-,35-,36-,37-,38-/m0/s1. The molecular formula is C42H57N5O6. The number of ether oxygens (including phenoxy) is 1. The van der Waals surface area contributed by atoms with E-state index >= 15 is 0 Å². The van der Waals surface area contributed by atoms with Crippen LogP contribution in [0.5, 0.6) is 5.75 Å². The molecule has 1 aliphatic heterocycles. The highest BCUT2D eigenvalue weighted by Crippen LogP contribution is 2.61. The van der Waals surface area contributed by atoms with Crippen LogP contribution in [0, 0.1) is 29.1 Å². The smallest absolute Gasteiger partial charge is 0.253 e. The van der Waals surface area contributed by atoms with Crippen molar-refractivity contribution in [3.63, 3.8) is 0 Å². The van der Waals surface area contributed by atoms with Gasteiger partial charge in [0.05, 0.1) is 26.4 Å². The Bertz CT molecular complexity index is 1770. The van der Waals surface area contributed by atoms with Crippen molar-refractivity contribution >= 4 is 17.5 Å². The van der Waals surface area contributed by atoms with Crippen LogP contribution >= 0.6 is 0 Å². The molecule has 2 heterocycles. The largest absolute Gasteiger partial charge is 0.496 e. The van der Waals surface area contributed by atoms with E-state index in [1.807, 2.05) is 73.6 Å². The number of para-hydroxylation sites is 1. The number of amides is 2. The number of benzene rings is 2. The van der Waals surface area contributed by atoms with Crippen LogP contribution in [0.1, 0.15) is 62.2 Å². The van der Waals surface area contributed by atoms with Gasteiger partial charge in [0.2, 0.25) is 5.91 Å². The van der Waals surface area contributed by atoms with Crippen molar-refractivity contribution in [2.75, 3.05) is 46.3 Å². The van der Waals surface area contributed by atoms with Crippen molar-refractivity contribution in [2.45, 2.75) is 77.8 Å². The topological polar surface area (TPSA) is 128 Å². The maximum Gasteiger partial charge on any atom is 0.253 e. The molecular weight excluding hydrogens is 670 g/mol. The number of nitrogens with one attached hydrogen (secondary N) is 1. The summed E-state index contributed by atoms with van der Waals surface area (Å²) < 4.78 is 6.07. The number of pyridine rings is 1. The first-order chi connectivity index (χ1) is 25.2. The van der Waals surface area contributed by atoms with Crippen LogP contribution < -0.4 is 15.0 Å². The molecule has 0 unspecified atom stereocenters. The van der Waals surface area contributed by atoms with Crippen molar-refractivity contribution in [1.82, 2.24) is 20.3 Å². The molecule has 286 valence electrons. The van der Waals surface area contributed by atoms with E-state index in [4.69, 9.17) is 9.57 Å². The molecule has 4 aliphatic rings. The van der Waals surface area contributed by atoms with Crippen LogP contribution in [0.15, 0.2) is 60.8 Å². The molecule has 0 spiro atoms. The maximum atomic E-state index is 14.2. The highest BCUT2D eigenvalue weighted by Gasteiger charge is 2.57. The number of hydrogen-bond donors (Lipinski definition) is 3. The zero-order valence-corrected chi connectivity index (χ0v) is 32.5. The Kier molecular flexibility index (Phi) is 11.5. The Hall–Kier alpha value is -4.03. The van der Waals surface area contributed by atoms with Crippen molar-refractivity contribution in [3.8, 4) is 16.9 Å². The van der Waals surface area contributed by atoms with Crippen molar-refractivity contribution in [2.24, 2.45) is 29.1 Å². The summed E-state index contributed by atoms with van der Waals surface area (Å²) in [5.74, 6) is 1.10. The second kappa shape index (κ2) is 15.8. The second-order valence-electron chi connectivity index (χ2n) is 16.2. The average molecular weight is 728 g/mol. The number of aliphatic hydroxyl groups excluding tert-OH is 2. The van der Waals surface area contributed by atoms with Crippen LogP contribution in [0.4, 0.5) is 5.69 Å². The summed E-state index contributed by atoms with van der Waals surface area (Å²) in [5.41, 5.74) is 4.96. The molecule has 1 saturated heterocycles. The molecule has 2 bridgehead atoms. The van der Waals surface area contributed by atoms with Crippen LogP contribution in [-0.4, -0.2) is 103 Å². The van der Waals surface area contributed by atoms with Gasteiger partial charge in [-0.2, -0.15) is 5.06 Å². The van der Waals surface area contributed by atoms with Crippen molar-refractivity contribution in [1.29, 1.82) is 0 Å². The van der Waals surface area contributed by atoms with E-state index in [-0.39, 0.29) is 36.4 Å². The lowest BCUT2D eigenvalue weighted by Gasteiger charge is -2.62. The molecule has 11 nitrogen and oxygen atoms in total. The molecule has 53 heavy (non-hydrogen) atoms. The first kappa shape index (κ1) is 38.7. The van der Waals surface area contributed by atoms with Gasteiger partial charge in [-0.15, -0.1) is 0 Å². The Morgan fingerprint density at radius 2 is 1.89 bits per heavy atom. The van der Waals surface area contributed by atoms with Crippen LogP contribution in [0.2, 0.25) is 0 Å².